The van der Waals surface area contributed by atoms with Gasteiger partial charge in [-0.25, -0.2) is 4.39 Å². The normalized spacial score (nSPS) is 9.76. The second-order valence-corrected chi connectivity index (χ2v) is 4.41. The van der Waals surface area contributed by atoms with Crippen LogP contribution in [0.5, 0.6) is 5.75 Å². The Balaban J connectivity index is 2.16. The molecule has 2 aromatic carbocycles. The number of nitrogens with zero attached hydrogens (tertiary/aromatic N) is 1. The Morgan fingerprint density at radius 2 is 2.14 bits per heavy atom. The van der Waals surface area contributed by atoms with Gasteiger partial charge < -0.3 is 10.1 Å². The van der Waals surface area contributed by atoms with E-state index in [0.29, 0.717) is 11.4 Å². The van der Waals surface area contributed by atoms with Crippen LogP contribution in [0, 0.1) is 24.1 Å². The van der Waals surface area contributed by atoms with E-state index in [1.54, 1.807) is 37.3 Å². The van der Waals surface area contributed by atoms with Gasteiger partial charge in [0.05, 0.1) is 5.56 Å². The number of carbonyl (C=O) groups is 1. The summed E-state index contributed by atoms with van der Waals surface area (Å²) in [5, 5.41) is 11.1. The number of aryl methyl sites for hydroxylation is 1. The standard InChI is InChI=1S/C16H13FN2O2/c1-11-5-6-15(17)14(9-11)16(20)19-12-3-2-4-13(10-12)21-8-7-18/h2-6,9-10H,8H2,1H3,(H,19,20). The largest absolute Gasteiger partial charge is 0.479 e. The molecular weight excluding hydrogens is 271 g/mol. The number of ether oxygens (including phenoxy) is 1. The Bertz CT molecular complexity index is 708. The van der Waals surface area contributed by atoms with Crippen molar-refractivity contribution in [3.05, 3.63) is 59.4 Å². The Labute approximate surface area is 121 Å². The van der Waals surface area contributed by atoms with E-state index in [1.165, 1.54) is 12.1 Å². The molecule has 0 fully saturated rings. The molecule has 0 aliphatic rings. The highest BCUT2D eigenvalue weighted by molar-refractivity contribution is 6.04. The predicted octanol–water partition coefficient (Wildman–Crippen LogP) is 3.29. The molecule has 21 heavy (non-hydrogen) atoms. The maximum absolute atomic E-state index is 13.6. The van der Waals surface area contributed by atoms with Gasteiger partial charge >= 0.3 is 0 Å². The highest BCUT2D eigenvalue weighted by Gasteiger charge is 2.12. The summed E-state index contributed by atoms with van der Waals surface area (Å²) in [7, 11) is 0. The number of rotatable bonds is 4. The summed E-state index contributed by atoms with van der Waals surface area (Å²) >= 11 is 0. The molecular formula is C16H13FN2O2. The predicted molar refractivity (Wildman–Crippen MR) is 76.6 cm³/mol. The molecule has 2 aromatic rings. The van der Waals surface area contributed by atoms with Crippen molar-refractivity contribution >= 4 is 11.6 Å². The van der Waals surface area contributed by atoms with Crippen molar-refractivity contribution in [2.45, 2.75) is 6.92 Å². The lowest BCUT2D eigenvalue weighted by Gasteiger charge is -2.08. The quantitative estimate of drug-likeness (QED) is 0.937. The van der Waals surface area contributed by atoms with Crippen molar-refractivity contribution < 1.29 is 13.9 Å². The molecule has 0 aliphatic carbocycles. The number of nitrogens with one attached hydrogen (secondary N) is 1. The van der Waals surface area contributed by atoms with Crippen molar-refractivity contribution in [1.82, 2.24) is 0 Å². The first-order valence-electron chi connectivity index (χ1n) is 6.27. The number of hydrogen-bond donors (Lipinski definition) is 1. The van der Waals surface area contributed by atoms with Crippen molar-refractivity contribution in [2.24, 2.45) is 0 Å². The summed E-state index contributed by atoms with van der Waals surface area (Å²) in [6.45, 7) is 1.70. The van der Waals surface area contributed by atoms with Gasteiger partial charge in [0, 0.05) is 11.8 Å². The molecule has 0 saturated carbocycles. The molecule has 0 saturated heterocycles. The van der Waals surface area contributed by atoms with Gasteiger partial charge in [-0.05, 0) is 31.2 Å². The lowest BCUT2D eigenvalue weighted by atomic mass is 10.1. The fourth-order valence-electron chi connectivity index (χ4n) is 1.79. The van der Waals surface area contributed by atoms with E-state index in [-0.39, 0.29) is 12.2 Å². The van der Waals surface area contributed by atoms with Crippen LogP contribution in [-0.2, 0) is 0 Å². The van der Waals surface area contributed by atoms with Crippen LogP contribution in [0.4, 0.5) is 10.1 Å². The molecule has 0 atom stereocenters. The lowest BCUT2D eigenvalue weighted by molar-refractivity contribution is 0.102. The number of amides is 1. The second-order valence-electron chi connectivity index (χ2n) is 4.41. The average molecular weight is 284 g/mol. The minimum absolute atomic E-state index is 0.0154. The molecule has 106 valence electrons. The third-order valence-electron chi connectivity index (χ3n) is 2.76. The monoisotopic (exact) mass is 284 g/mol. The summed E-state index contributed by atoms with van der Waals surface area (Å²) in [6, 6.07) is 12.8. The third-order valence-corrected chi connectivity index (χ3v) is 2.76. The lowest BCUT2D eigenvalue weighted by Crippen LogP contribution is -2.14. The van der Waals surface area contributed by atoms with Crippen molar-refractivity contribution in [3.8, 4) is 11.8 Å². The van der Waals surface area contributed by atoms with Crippen LogP contribution in [0.1, 0.15) is 15.9 Å². The van der Waals surface area contributed by atoms with Gasteiger partial charge in [-0.1, -0.05) is 17.7 Å². The van der Waals surface area contributed by atoms with Gasteiger partial charge in [0.25, 0.3) is 5.91 Å². The first-order chi connectivity index (χ1) is 10.1. The Kier molecular flexibility index (Phi) is 4.52. The van der Waals surface area contributed by atoms with Crippen LogP contribution in [0.25, 0.3) is 0 Å². The van der Waals surface area contributed by atoms with E-state index in [2.05, 4.69) is 5.32 Å². The minimum atomic E-state index is -0.574. The van der Waals surface area contributed by atoms with E-state index in [1.807, 2.05) is 6.07 Å². The smallest absolute Gasteiger partial charge is 0.258 e. The Morgan fingerprint density at radius 3 is 2.90 bits per heavy atom. The van der Waals surface area contributed by atoms with Crippen molar-refractivity contribution in [2.75, 3.05) is 11.9 Å². The average Bonchev–Trinajstić information content (AvgIpc) is 2.48. The van der Waals surface area contributed by atoms with E-state index >= 15 is 0 Å². The molecule has 1 N–H and O–H groups in total. The molecule has 2 rings (SSSR count). The van der Waals surface area contributed by atoms with Crippen LogP contribution in [0.15, 0.2) is 42.5 Å². The summed E-state index contributed by atoms with van der Waals surface area (Å²) in [5.74, 6) is -0.650. The summed E-state index contributed by atoms with van der Waals surface area (Å²) in [6.07, 6.45) is 0. The number of halogens is 1. The van der Waals surface area contributed by atoms with Crippen LogP contribution in [-0.4, -0.2) is 12.5 Å². The molecule has 0 aromatic heterocycles. The van der Waals surface area contributed by atoms with Gasteiger partial charge in [-0.2, -0.15) is 5.26 Å². The molecule has 1 amide bonds. The van der Waals surface area contributed by atoms with E-state index in [9.17, 15) is 9.18 Å². The number of benzene rings is 2. The first-order valence-corrected chi connectivity index (χ1v) is 6.27. The molecule has 0 bridgehead atoms. The SMILES string of the molecule is Cc1ccc(F)c(C(=O)Nc2cccc(OCC#N)c2)c1. The van der Waals surface area contributed by atoms with Crippen LogP contribution < -0.4 is 10.1 Å². The van der Waals surface area contributed by atoms with E-state index in [0.717, 1.165) is 5.56 Å². The van der Waals surface area contributed by atoms with E-state index in [4.69, 9.17) is 10.00 Å². The fraction of sp³-hybridized carbons (Fsp3) is 0.125. The molecule has 0 spiro atoms. The maximum atomic E-state index is 13.6. The van der Waals surface area contributed by atoms with Crippen molar-refractivity contribution in [1.29, 1.82) is 5.26 Å². The van der Waals surface area contributed by atoms with Crippen molar-refractivity contribution in [3.63, 3.8) is 0 Å². The third kappa shape index (κ3) is 3.80. The molecule has 4 nitrogen and oxygen atoms in total. The number of hydrogen-bond acceptors (Lipinski definition) is 3. The molecule has 0 radical (unpaired) electrons. The topological polar surface area (TPSA) is 62.1 Å². The van der Waals surface area contributed by atoms with Crippen LogP contribution >= 0.6 is 0 Å². The summed E-state index contributed by atoms with van der Waals surface area (Å²) < 4.78 is 18.8. The van der Waals surface area contributed by atoms with Gasteiger partial charge in [-0.3, -0.25) is 4.79 Å². The molecule has 0 aliphatic heterocycles. The number of anilines is 1. The second kappa shape index (κ2) is 6.53. The zero-order valence-corrected chi connectivity index (χ0v) is 11.4. The van der Waals surface area contributed by atoms with Gasteiger partial charge in [0.2, 0.25) is 0 Å². The van der Waals surface area contributed by atoms with Crippen LogP contribution in [0.3, 0.4) is 0 Å². The first kappa shape index (κ1) is 14.5. The summed E-state index contributed by atoms with van der Waals surface area (Å²) in [5.41, 5.74) is 1.25. The Morgan fingerprint density at radius 1 is 1.33 bits per heavy atom. The Hall–Kier alpha value is -2.87. The minimum Gasteiger partial charge on any atom is -0.479 e. The summed E-state index contributed by atoms with van der Waals surface area (Å²) in [4.78, 5) is 12.1. The highest BCUT2D eigenvalue weighted by Crippen LogP contribution is 2.19. The molecule has 5 heteroatoms. The highest BCUT2D eigenvalue weighted by atomic mass is 19.1. The zero-order chi connectivity index (χ0) is 15.2. The van der Waals surface area contributed by atoms with Gasteiger partial charge in [0.15, 0.2) is 6.61 Å². The van der Waals surface area contributed by atoms with E-state index < -0.39 is 11.7 Å². The van der Waals surface area contributed by atoms with Crippen LogP contribution in [0.2, 0.25) is 0 Å². The molecule has 0 heterocycles. The number of carbonyl (C=O) groups excluding carboxylic acids is 1. The zero-order valence-electron chi connectivity index (χ0n) is 11.4. The maximum Gasteiger partial charge on any atom is 0.258 e. The molecule has 0 unspecified atom stereocenters. The number of nitriles is 1. The fourth-order valence-corrected chi connectivity index (χ4v) is 1.79. The van der Waals surface area contributed by atoms with Gasteiger partial charge in [-0.15, -0.1) is 0 Å². The van der Waals surface area contributed by atoms with Gasteiger partial charge in [0.1, 0.15) is 17.6 Å².